The van der Waals surface area contributed by atoms with Crippen molar-refractivity contribution in [3.8, 4) is 0 Å². The Morgan fingerprint density at radius 3 is 2.60 bits per heavy atom. The smallest absolute Gasteiger partial charge is 0.154 e. The van der Waals surface area contributed by atoms with Crippen LogP contribution in [0.3, 0.4) is 0 Å². The number of aromatic nitrogens is 2. The molecule has 0 N–H and O–H groups in total. The van der Waals surface area contributed by atoms with E-state index in [4.69, 9.17) is 11.6 Å². The van der Waals surface area contributed by atoms with E-state index in [-0.39, 0.29) is 11.6 Å². The number of hydrogen-bond acceptors (Lipinski definition) is 4. The van der Waals surface area contributed by atoms with Crippen LogP contribution >= 0.6 is 11.6 Å². The van der Waals surface area contributed by atoms with Crippen molar-refractivity contribution in [2.75, 3.05) is 6.26 Å². The van der Waals surface area contributed by atoms with Gasteiger partial charge in [0.1, 0.15) is 16.7 Å². The Hall–Kier alpha value is -0.680. The van der Waals surface area contributed by atoms with Crippen molar-refractivity contribution in [1.82, 2.24) is 9.97 Å². The van der Waals surface area contributed by atoms with Crippen LogP contribution < -0.4 is 0 Å². The standard InChI is InChI=1S/C9H13ClN2O2S/c1-3-4-7-5-8(10)12-9(11-7)6-15(2,13)14/h5H,3-4,6H2,1-2H3. The zero-order valence-electron chi connectivity index (χ0n) is 8.70. The molecule has 6 heteroatoms. The summed E-state index contributed by atoms with van der Waals surface area (Å²) in [4.78, 5) is 8.01. The SMILES string of the molecule is CCCc1cc(Cl)nc(CS(C)(=O)=O)n1. The van der Waals surface area contributed by atoms with Gasteiger partial charge in [0.2, 0.25) is 0 Å². The van der Waals surface area contributed by atoms with Gasteiger partial charge in [-0.3, -0.25) is 0 Å². The first-order valence-corrected chi connectivity index (χ1v) is 7.04. The third-order valence-corrected chi connectivity index (χ3v) is 2.67. The largest absolute Gasteiger partial charge is 0.237 e. The van der Waals surface area contributed by atoms with E-state index in [2.05, 4.69) is 9.97 Å². The van der Waals surface area contributed by atoms with E-state index in [1.54, 1.807) is 6.07 Å². The van der Waals surface area contributed by atoms with Crippen LogP contribution in [-0.2, 0) is 22.0 Å². The number of hydrogen-bond donors (Lipinski definition) is 0. The third-order valence-electron chi connectivity index (χ3n) is 1.69. The maximum Gasteiger partial charge on any atom is 0.154 e. The first-order chi connectivity index (χ1) is 6.90. The second-order valence-corrected chi connectivity index (χ2v) is 5.95. The Labute approximate surface area is 94.6 Å². The predicted octanol–water partition coefficient (Wildman–Crippen LogP) is 1.63. The Bertz CT molecular complexity index is 445. The molecule has 84 valence electrons. The van der Waals surface area contributed by atoms with Gasteiger partial charge in [0, 0.05) is 11.9 Å². The molecular formula is C9H13ClN2O2S. The fourth-order valence-electron chi connectivity index (χ4n) is 1.20. The van der Waals surface area contributed by atoms with Gasteiger partial charge in [0.15, 0.2) is 9.84 Å². The molecule has 1 aromatic rings. The van der Waals surface area contributed by atoms with E-state index in [0.717, 1.165) is 24.8 Å². The molecule has 4 nitrogen and oxygen atoms in total. The lowest BCUT2D eigenvalue weighted by Gasteiger charge is -2.03. The molecule has 0 fully saturated rings. The maximum atomic E-state index is 11.1. The molecule has 0 saturated heterocycles. The molecule has 0 radical (unpaired) electrons. The number of aryl methyl sites for hydroxylation is 1. The monoisotopic (exact) mass is 248 g/mol. The Morgan fingerprint density at radius 1 is 1.40 bits per heavy atom. The van der Waals surface area contributed by atoms with Gasteiger partial charge in [0.05, 0.1) is 0 Å². The lowest BCUT2D eigenvalue weighted by Crippen LogP contribution is -2.07. The van der Waals surface area contributed by atoms with Crippen molar-refractivity contribution < 1.29 is 8.42 Å². The fraction of sp³-hybridized carbons (Fsp3) is 0.556. The van der Waals surface area contributed by atoms with E-state index in [1.165, 1.54) is 0 Å². The molecular weight excluding hydrogens is 236 g/mol. The molecule has 0 aromatic carbocycles. The van der Waals surface area contributed by atoms with Gasteiger partial charge >= 0.3 is 0 Å². The Morgan fingerprint density at radius 2 is 2.07 bits per heavy atom. The number of nitrogens with zero attached hydrogens (tertiary/aromatic N) is 2. The molecule has 0 unspecified atom stereocenters. The fourth-order valence-corrected chi connectivity index (χ4v) is 2.02. The predicted molar refractivity (Wildman–Crippen MR) is 59.6 cm³/mol. The second-order valence-electron chi connectivity index (χ2n) is 3.42. The highest BCUT2D eigenvalue weighted by molar-refractivity contribution is 7.89. The lowest BCUT2D eigenvalue weighted by atomic mass is 10.2. The molecule has 0 saturated carbocycles. The summed E-state index contributed by atoms with van der Waals surface area (Å²) in [5, 5.41) is 0.298. The highest BCUT2D eigenvalue weighted by Gasteiger charge is 2.09. The summed E-state index contributed by atoms with van der Waals surface area (Å²) in [6, 6.07) is 1.66. The summed E-state index contributed by atoms with van der Waals surface area (Å²) in [6.07, 6.45) is 2.86. The van der Waals surface area contributed by atoms with Gasteiger partial charge in [-0.1, -0.05) is 24.9 Å². The van der Waals surface area contributed by atoms with Crippen LogP contribution in [-0.4, -0.2) is 24.6 Å². The van der Waals surface area contributed by atoms with Crippen LogP contribution in [0, 0.1) is 0 Å². The molecule has 0 atom stereocenters. The average Bonchev–Trinajstić information content (AvgIpc) is 1.99. The van der Waals surface area contributed by atoms with E-state index in [0.29, 0.717) is 5.15 Å². The van der Waals surface area contributed by atoms with Crippen molar-refractivity contribution in [3.05, 3.63) is 22.7 Å². The summed E-state index contributed by atoms with van der Waals surface area (Å²) in [5.41, 5.74) is 0.788. The molecule has 0 bridgehead atoms. The molecule has 0 aliphatic heterocycles. The number of halogens is 1. The quantitative estimate of drug-likeness (QED) is 0.760. The van der Waals surface area contributed by atoms with E-state index in [1.807, 2.05) is 6.92 Å². The normalized spacial score (nSPS) is 11.7. The Kier molecular flexibility index (Phi) is 4.04. The molecule has 1 rings (SSSR count). The topological polar surface area (TPSA) is 59.9 Å². The highest BCUT2D eigenvalue weighted by Crippen LogP contribution is 2.10. The minimum absolute atomic E-state index is 0.162. The van der Waals surface area contributed by atoms with Gasteiger partial charge in [-0.25, -0.2) is 18.4 Å². The van der Waals surface area contributed by atoms with Gasteiger partial charge in [-0.15, -0.1) is 0 Å². The van der Waals surface area contributed by atoms with Crippen molar-refractivity contribution >= 4 is 21.4 Å². The maximum absolute atomic E-state index is 11.1. The van der Waals surface area contributed by atoms with Crippen LogP contribution in [0.2, 0.25) is 5.15 Å². The summed E-state index contributed by atoms with van der Waals surface area (Å²) < 4.78 is 22.1. The summed E-state index contributed by atoms with van der Waals surface area (Å²) in [5.74, 6) is 0.109. The van der Waals surface area contributed by atoms with Crippen molar-refractivity contribution in [2.24, 2.45) is 0 Å². The van der Waals surface area contributed by atoms with Crippen molar-refractivity contribution in [3.63, 3.8) is 0 Å². The number of rotatable bonds is 4. The lowest BCUT2D eigenvalue weighted by molar-refractivity contribution is 0.599. The highest BCUT2D eigenvalue weighted by atomic mass is 35.5. The zero-order chi connectivity index (χ0) is 11.5. The van der Waals surface area contributed by atoms with Gasteiger partial charge in [-0.2, -0.15) is 0 Å². The van der Waals surface area contributed by atoms with E-state index < -0.39 is 9.84 Å². The van der Waals surface area contributed by atoms with Crippen molar-refractivity contribution in [2.45, 2.75) is 25.5 Å². The van der Waals surface area contributed by atoms with Crippen molar-refractivity contribution in [1.29, 1.82) is 0 Å². The summed E-state index contributed by atoms with van der Waals surface area (Å²) >= 11 is 5.77. The molecule has 0 spiro atoms. The molecule has 1 heterocycles. The van der Waals surface area contributed by atoms with E-state index >= 15 is 0 Å². The minimum Gasteiger partial charge on any atom is -0.237 e. The molecule has 15 heavy (non-hydrogen) atoms. The van der Waals surface area contributed by atoms with Gasteiger partial charge < -0.3 is 0 Å². The Balaban J connectivity index is 2.98. The third kappa shape index (κ3) is 4.57. The molecule has 0 aliphatic rings. The van der Waals surface area contributed by atoms with E-state index in [9.17, 15) is 8.42 Å². The molecule has 1 aromatic heterocycles. The first-order valence-electron chi connectivity index (χ1n) is 4.61. The first kappa shape index (κ1) is 12.4. The zero-order valence-corrected chi connectivity index (χ0v) is 10.3. The van der Waals surface area contributed by atoms with Gasteiger partial charge in [-0.05, 0) is 12.5 Å². The average molecular weight is 249 g/mol. The van der Waals surface area contributed by atoms with Crippen LogP contribution in [0.4, 0.5) is 0 Å². The summed E-state index contributed by atoms with van der Waals surface area (Å²) in [6.45, 7) is 2.02. The number of sulfone groups is 1. The summed E-state index contributed by atoms with van der Waals surface area (Å²) in [7, 11) is -3.11. The van der Waals surface area contributed by atoms with Crippen LogP contribution in [0.25, 0.3) is 0 Å². The second kappa shape index (κ2) is 4.90. The van der Waals surface area contributed by atoms with Crippen LogP contribution in [0.5, 0.6) is 0 Å². The van der Waals surface area contributed by atoms with Crippen LogP contribution in [0.15, 0.2) is 6.07 Å². The molecule has 0 amide bonds. The molecule has 0 aliphatic carbocycles. The van der Waals surface area contributed by atoms with Gasteiger partial charge in [0.25, 0.3) is 0 Å². The minimum atomic E-state index is -3.11. The van der Waals surface area contributed by atoms with Crippen LogP contribution in [0.1, 0.15) is 24.9 Å².